The summed E-state index contributed by atoms with van der Waals surface area (Å²) in [7, 11) is 0. The number of benzene rings is 2. The zero-order valence-corrected chi connectivity index (χ0v) is 19.9. The van der Waals surface area contributed by atoms with Crippen molar-refractivity contribution in [2.45, 2.75) is 33.1 Å². The predicted octanol–water partition coefficient (Wildman–Crippen LogP) is 4.41. The zero-order chi connectivity index (χ0) is 24.2. The molecule has 0 aliphatic carbocycles. The normalized spacial score (nSPS) is 17.6. The Morgan fingerprint density at radius 3 is 2.79 bits per heavy atom. The molecular weight excluding hydrogens is 456 g/mol. The molecule has 9 heteroatoms. The van der Waals surface area contributed by atoms with E-state index in [0.29, 0.717) is 52.8 Å². The zero-order valence-electron chi connectivity index (χ0n) is 19.1. The molecule has 0 radical (unpaired) electrons. The number of ether oxygens (including phenoxy) is 1. The Labute approximate surface area is 202 Å². The molecule has 3 aromatic rings. The van der Waals surface area contributed by atoms with Crippen molar-refractivity contribution in [2.75, 3.05) is 18.5 Å². The maximum atomic E-state index is 13.0. The summed E-state index contributed by atoms with van der Waals surface area (Å²) in [5.74, 6) is 0.162. The number of hydrogen-bond acceptors (Lipinski definition) is 7. The number of amides is 1. The van der Waals surface area contributed by atoms with Crippen LogP contribution in [0.15, 0.2) is 36.7 Å². The van der Waals surface area contributed by atoms with Crippen LogP contribution in [0.4, 0.5) is 11.5 Å². The summed E-state index contributed by atoms with van der Waals surface area (Å²) < 4.78 is 5.78. The molecule has 1 aliphatic heterocycles. The Bertz CT molecular complexity index is 1230. The maximum absolute atomic E-state index is 13.0. The number of aromatic hydroxyl groups is 1. The molecule has 0 unspecified atom stereocenters. The van der Waals surface area contributed by atoms with Crippen molar-refractivity contribution < 1.29 is 19.4 Å². The number of nitrogens with one attached hydrogen (secondary N) is 2. The molecule has 8 nitrogen and oxygen atoms in total. The largest absolute Gasteiger partial charge is 0.504 e. The minimum Gasteiger partial charge on any atom is -0.504 e. The number of rotatable bonds is 1. The molecule has 3 N–H and O–H groups in total. The Morgan fingerprint density at radius 2 is 2.00 bits per heavy atom. The average molecular weight is 483 g/mol. The number of fused-ring (bicyclic) bond motifs is 2. The molecule has 4 rings (SSSR count). The van der Waals surface area contributed by atoms with Crippen LogP contribution < -0.4 is 15.4 Å². The first-order chi connectivity index (χ1) is 16.3. The number of halogens is 1. The van der Waals surface area contributed by atoms with Gasteiger partial charge in [0.1, 0.15) is 17.9 Å². The summed E-state index contributed by atoms with van der Waals surface area (Å²) in [4.78, 5) is 34.4. The highest BCUT2D eigenvalue weighted by atomic mass is 35.5. The van der Waals surface area contributed by atoms with Crippen molar-refractivity contribution in [3.8, 4) is 11.5 Å². The minimum absolute atomic E-state index is 0.0119. The molecule has 0 spiro atoms. The number of hydrogen-bond donors (Lipinski definition) is 3. The van der Waals surface area contributed by atoms with Crippen molar-refractivity contribution in [3.05, 3.63) is 47.2 Å². The van der Waals surface area contributed by atoms with Crippen molar-refractivity contribution >= 4 is 45.7 Å². The topological polar surface area (TPSA) is 113 Å². The van der Waals surface area contributed by atoms with Gasteiger partial charge in [0.25, 0.3) is 0 Å². The van der Waals surface area contributed by atoms with Crippen molar-refractivity contribution in [1.29, 1.82) is 0 Å². The van der Waals surface area contributed by atoms with Gasteiger partial charge in [-0.1, -0.05) is 31.5 Å². The van der Waals surface area contributed by atoms with Gasteiger partial charge in [0.05, 0.1) is 12.1 Å². The predicted molar refractivity (Wildman–Crippen MR) is 131 cm³/mol. The van der Waals surface area contributed by atoms with Crippen LogP contribution in [0.1, 0.15) is 32.3 Å². The highest BCUT2D eigenvalue weighted by Crippen LogP contribution is 2.35. The summed E-state index contributed by atoms with van der Waals surface area (Å²) in [6.45, 7) is 4.57. The first-order valence-electron chi connectivity index (χ1n) is 11.3. The molecule has 0 saturated carbocycles. The molecular formula is C25H27ClN4O4. The molecule has 2 aromatic carbocycles. The summed E-state index contributed by atoms with van der Waals surface area (Å²) in [6, 6.07) is 8.45. The first-order valence-corrected chi connectivity index (χ1v) is 11.6. The number of phenolic OH excluding ortho intramolecular Hbond substituents is 1. The van der Waals surface area contributed by atoms with E-state index < -0.39 is 5.92 Å². The fourth-order valence-corrected chi connectivity index (χ4v) is 4.16. The number of carbonyl (C=O) groups excluding carboxylic acids is 2. The third-order valence-electron chi connectivity index (χ3n) is 5.90. The van der Waals surface area contributed by atoms with Crippen molar-refractivity contribution in [1.82, 2.24) is 15.3 Å². The Balaban J connectivity index is 1.76. The van der Waals surface area contributed by atoms with E-state index in [1.165, 1.54) is 12.4 Å². The molecule has 1 amide bonds. The van der Waals surface area contributed by atoms with Crippen molar-refractivity contribution in [3.63, 3.8) is 0 Å². The Hall–Kier alpha value is -3.39. The summed E-state index contributed by atoms with van der Waals surface area (Å²) in [6.07, 6.45) is 2.23. The van der Waals surface area contributed by atoms with Gasteiger partial charge < -0.3 is 20.5 Å². The number of phenols is 1. The summed E-state index contributed by atoms with van der Waals surface area (Å²) in [5.41, 5.74) is 1.90. The molecule has 1 aromatic heterocycles. The van der Waals surface area contributed by atoms with Crippen LogP contribution in [0.2, 0.25) is 5.02 Å². The lowest BCUT2D eigenvalue weighted by atomic mass is 9.88. The molecule has 0 saturated heterocycles. The van der Waals surface area contributed by atoms with E-state index in [1.54, 1.807) is 24.3 Å². The Kier molecular flexibility index (Phi) is 7.17. The van der Waals surface area contributed by atoms with E-state index >= 15 is 0 Å². The number of Topliss-reactive ketones (excluding diaryl/α,β-unsaturated/α-hetero) is 1. The fraction of sp³-hybridized carbons (Fsp3) is 0.360. The van der Waals surface area contributed by atoms with E-state index in [2.05, 4.69) is 20.6 Å². The number of aromatic nitrogens is 2. The SMILES string of the molecule is CC(C)[C@@H]1CC(=O)Cc2ccc(Cl)cc2Nc2ncnc3cc(O)c(cc23)OCCCNC1=O. The van der Waals surface area contributed by atoms with Gasteiger partial charge in [0.2, 0.25) is 5.91 Å². The lowest BCUT2D eigenvalue weighted by molar-refractivity contribution is -0.130. The van der Waals surface area contributed by atoms with E-state index in [1.807, 2.05) is 13.8 Å². The number of nitrogens with zero attached hydrogens (tertiary/aromatic N) is 2. The third-order valence-corrected chi connectivity index (χ3v) is 6.13. The second-order valence-corrected chi connectivity index (χ2v) is 9.19. The lowest BCUT2D eigenvalue weighted by Crippen LogP contribution is -2.36. The van der Waals surface area contributed by atoms with Gasteiger partial charge in [0, 0.05) is 47.5 Å². The number of ketones is 1. The van der Waals surface area contributed by atoms with Crippen LogP contribution in [0.25, 0.3) is 10.9 Å². The van der Waals surface area contributed by atoms with Gasteiger partial charge in [-0.25, -0.2) is 9.97 Å². The summed E-state index contributed by atoms with van der Waals surface area (Å²) in [5, 5.41) is 17.7. The van der Waals surface area contributed by atoms with Crippen LogP contribution in [0.5, 0.6) is 11.5 Å². The van der Waals surface area contributed by atoms with E-state index in [0.717, 1.165) is 5.56 Å². The molecule has 2 bridgehead atoms. The lowest BCUT2D eigenvalue weighted by Gasteiger charge is -2.20. The van der Waals surface area contributed by atoms with Gasteiger partial charge in [-0.05, 0) is 36.1 Å². The van der Waals surface area contributed by atoms with Crippen LogP contribution in [0, 0.1) is 11.8 Å². The van der Waals surface area contributed by atoms with E-state index in [-0.39, 0.29) is 36.2 Å². The maximum Gasteiger partial charge on any atom is 0.223 e. The molecule has 2 heterocycles. The molecule has 1 aliphatic rings. The molecule has 1 atom stereocenters. The molecule has 34 heavy (non-hydrogen) atoms. The van der Waals surface area contributed by atoms with Crippen LogP contribution >= 0.6 is 11.6 Å². The highest BCUT2D eigenvalue weighted by Gasteiger charge is 2.25. The second kappa shape index (κ2) is 10.3. The van der Waals surface area contributed by atoms with Gasteiger partial charge in [0.15, 0.2) is 11.5 Å². The number of carbonyl (C=O) groups is 2. The van der Waals surface area contributed by atoms with E-state index in [9.17, 15) is 14.7 Å². The van der Waals surface area contributed by atoms with Crippen LogP contribution in [-0.2, 0) is 16.0 Å². The second-order valence-electron chi connectivity index (χ2n) is 8.75. The van der Waals surface area contributed by atoms with Crippen LogP contribution in [0.3, 0.4) is 0 Å². The highest BCUT2D eigenvalue weighted by molar-refractivity contribution is 6.31. The van der Waals surface area contributed by atoms with E-state index in [4.69, 9.17) is 16.3 Å². The summed E-state index contributed by atoms with van der Waals surface area (Å²) >= 11 is 6.25. The van der Waals surface area contributed by atoms with Gasteiger partial charge in [-0.15, -0.1) is 0 Å². The standard InChI is InChI=1S/C25H27ClN4O4/c1-14(2)18-10-17(31)8-15-4-5-16(26)9-20(15)30-24-19-11-23(34-7-3-6-27-25(18)33)22(32)12-21(19)28-13-29-24/h4-5,9,11-14,18,32H,3,6-8,10H2,1-2H3,(H,27,33)(H,28,29,30)/t18-/m0/s1. The molecule has 178 valence electrons. The smallest absolute Gasteiger partial charge is 0.223 e. The Morgan fingerprint density at radius 1 is 1.18 bits per heavy atom. The quantitative estimate of drug-likeness (QED) is 0.471. The first kappa shape index (κ1) is 23.8. The van der Waals surface area contributed by atoms with Gasteiger partial charge >= 0.3 is 0 Å². The van der Waals surface area contributed by atoms with Gasteiger partial charge in [-0.3, -0.25) is 9.59 Å². The minimum atomic E-state index is -0.423. The average Bonchev–Trinajstić information content (AvgIpc) is 2.79. The fourth-order valence-electron chi connectivity index (χ4n) is 3.99. The van der Waals surface area contributed by atoms with Gasteiger partial charge in [-0.2, -0.15) is 0 Å². The van der Waals surface area contributed by atoms with Crippen LogP contribution in [-0.4, -0.2) is 39.9 Å². The molecule has 0 fully saturated rings. The van der Waals surface area contributed by atoms with Crippen molar-refractivity contribution in [2.24, 2.45) is 11.8 Å². The third kappa shape index (κ3) is 5.39. The number of anilines is 2. The monoisotopic (exact) mass is 482 g/mol.